The van der Waals surface area contributed by atoms with E-state index in [1.807, 2.05) is 35.2 Å². The van der Waals surface area contributed by atoms with Crippen molar-refractivity contribution in [2.45, 2.75) is 6.18 Å². The summed E-state index contributed by atoms with van der Waals surface area (Å²) in [6.45, 7) is 2.47. The predicted octanol–water partition coefficient (Wildman–Crippen LogP) is 4.74. The minimum atomic E-state index is -4.41. The van der Waals surface area contributed by atoms with Gasteiger partial charge in [0, 0.05) is 30.4 Å². The number of aromatic nitrogens is 2. The summed E-state index contributed by atoms with van der Waals surface area (Å²) >= 11 is 0. The number of nitrogens with one attached hydrogen (secondary N) is 1. The van der Waals surface area contributed by atoms with Crippen LogP contribution in [0.5, 0.6) is 0 Å². The Hall–Kier alpha value is -3.13. The van der Waals surface area contributed by atoms with Gasteiger partial charge in [0.25, 0.3) is 0 Å². The molecule has 4 rings (SSSR count). The van der Waals surface area contributed by atoms with Gasteiger partial charge in [0.15, 0.2) is 0 Å². The SMILES string of the molecule is FC(F)(F)c1cccc(Nc2cc(-c3ccccc3)nc(N3CCOCC3)n2)c1. The second kappa shape index (κ2) is 8.08. The normalized spacial score (nSPS) is 14.7. The highest BCUT2D eigenvalue weighted by molar-refractivity contribution is 5.67. The molecule has 0 saturated carbocycles. The van der Waals surface area contributed by atoms with E-state index < -0.39 is 11.7 Å². The van der Waals surface area contributed by atoms with Crippen LogP contribution in [0.25, 0.3) is 11.3 Å². The first-order valence-corrected chi connectivity index (χ1v) is 9.20. The Bertz CT molecular complexity index is 973. The number of halogens is 3. The van der Waals surface area contributed by atoms with Gasteiger partial charge in [-0.2, -0.15) is 18.2 Å². The second-order valence-electron chi connectivity index (χ2n) is 6.61. The Morgan fingerprint density at radius 1 is 0.897 bits per heavy atom. The van der Waals surface area contributed by atoms with Crippen LogP contribution in [0.15, 0.2) is 60.7 Å². The quantitative estimate of drug-likeness (QED) is 0.685. The van der Waals surface area contributed by atoms with Crippen LogP contribution in [0, 0.1) is 0 Å². The maximum absolute atomic E-state index is 13.0. The van der Waals surface area contributed by atoms with Crippen molar-refractivity contribution in [1.82, 2.24) is 9.97 Å². The molecule has 29 heavy (non-hydrogen) atoms. The fourth-order valence-electron chi connectivity index (χ4n) is 3.08. The molecule has 1 aliphatic rings. The van der Waals surface area contributed by atoms with Crippen molar-refractivity contribution in [1.29, 1.82) is 0 Å². The summed E-state index contributed by atoms with van der Waals surface area (Å²) < 4.78 is 44.5. The Labute approximate surface area is 166 Å². The van der Waals surface area contributed by atoms with Crippen molar-refractivity contribution < 1.29 is 17.9 Å². The van der Waals surface area contributed by atoms with Crippen molar-refractivity contribution in [2.24, 2.45) is 0 Å². The fourth-order valence-corrected chi connectivity index (χ4v) is 3.08. The summed E-state index contributed by atoms with van der Waals surface area (Å²) in [5, 5.41) is 3.00. The molecule has 1 aromatic heterocycles. The number of hydrogen-bond acceptors (Lipinski definition) is 5. The molecular formula is C21H19F3N4O. The van der Waals surface area contributed by atoms with Gasteiger partial charge in [-0.1, -0.05) is 36.4 Å². The molecule has 150 valence electrons. The summed E-state index contributed by atoms with van der Waals surface area (Å²) in [6.07, 6.45) is -4.41. The molecule has 2 aromatic carbocycles. The number of anilines is 3. The van der Waals surface area contributed by atoms with Gasteiger partial charge in [-0.15, -0.1) is 0 Å². The van der Waals surface area contributed by atoms with E-state index in [1.165, 1.54) is 6.07 Å². The van der Waals surface area contributed by atoms with Gasteiger partial charge in [0.2, 0.25) is 5.95 Å². The lowest BCUT2D eigenvalue weighted by Crippen LogP contribution is -2.37. The van der Waals surface area contributed by atoms with Gasteiger partial charge < -0.3 is 15.0 Å². The number of ether oxygens (including phenoxy) is 1. The molecule has 0 unspecified atom stereocenters. The highest BCUT2D eigenvalue weighted by Gasteiger charge is 2.30. The second-order valence-corrected chi connectivity index (χ2v) is 6.61. The minimum Gasteiger partial charge on any atom is -0.378 e. The van der Waals surface area contributed by atoms with Gasteiger partial charge in [-0.25, -0.2) is 4.98 Å². The van der Waals surface area contributed by atoms with E-state index in [0.717, 1.165) is 17.7 Å². The Morgan fingerprint density at radius 3 is 2.38 bits per heavy atom. The van der Waals surface area contributed by atoms with Crippen LogP contribution in [-0.4, -0.2) is 36.3 Å². The van der Waals surface area contributed by atoms with Gasteiger partial charge in [-0.05, 0) is 18.2 Å². The van der Waals surface area contributed by atoms with E-state index in [-0.39, 0.29) is 0 Å². The van der Waals surface area contributed by atoms with Crippen LogP contribution in [0.1, 0.15) is 5.56 Å². The van der Waals surface area contributed by atoms with Crippen LogP contribution in [0.4, 0.5) is 30.6 Å². The van der Waals surface area contributed by atoms with E-state index >= 15 is 0 Å². The molecule has 1 N–H and O–H groups in total. The summed E-state index contributed by atoms with van der Waals surface area (Å²) in [5.41, 5.74) is 1.19. The number of hydrogen-bond donors (Lipinski definition) is 1. The van der Waals surface area contributed by atoms with E-state index in [9.17, 15) is 13.2 Å². The Kier molecular flexibility index (Phi) is 5.35. The average molecular weight is 400 g/mol. The van der Waals surface area contributed by atoms with Crippen LogP contribution in [0.2, 0.25) is 0 Å². The highest BCUT2D eigenvalue weighted by atomic mass is 19.4. The average Bonchev–Trinajstić information content (AvgIpc) is 2.74. The van der Waals surface area contributed by atoms with Crippen LogP contribution >= 0.6 is 0 Å². The molecular weight excluding hydrogens is 381 g/mol. The first kappa shape index (κ1) is 19.2. The Balaban J connectivity index is 1.70. The molecule has 0 radical (unpaired) electrons. The largest absolute Gasteiger partial charge is 0.416 e. The van der Waals surface area contributed by atoms with Crippen molar-refractivity contribution in [2.75, 3.05) is 36.5 Å². The molecule has 1 aliphatic heterocycles. The van der Waals surface area contributed by atoms with Gasteiger partial charge in [0.1, 0.15) is 5.82 Å². The van der Waals surface area contributed by atoms with Crippen molar-refractivity contribution >= 4 is 17.5 Å². The maximum atomic E-state index is 13.0. The Morgan fingerprint density at radius 2 is 1.66 bits per heavy atom. The van der Waals surface area contributed by atoms with Crippen molar-refractivity contribution in [3.63, 3.8) is 0 Å². The van der Waals surface area contributed by atoms with E-state index in [2.05, 4.69) is 15.3 Å². The fraction of sp³-hybridized carbons (Fsp3) is 0.238. The van der Waals surface area contributed by atoms with E-state index in [4.69, 9.17) is 4.74 Å². The zero-order valence-corrected chi connectivity index (χ0v) is 15.5. The van der Waals surface area contributed by atoms with Gasteiger partial charge in [0.05, 0.1) is 24.5 Å². The lowest BCUT2D eigenvalue weighted by Gasteiger charge is -2.27. The third-order valence-electron chi connectivity index (χ3n) is 4.54. The molecule has 0 atom stereocenters. The summed E-state index contributed by atoms with van der Waals surface area (Å²) in [6, 6.07) is 16.4. The van der Waals surface area contributed by atoms with Crippen molar-refractivity contribution in [3.05, 3.63) is 66.2 Å². The molecule has 0 spiro atoms. The molecule has 0 amide bonds. The van der Waals surface area contributed by atoms with Crippen LogP contribution in [0.3, 0.4) is 0 Å². The summed E-state index contributed by atoms with van der Waals surface area (Å²) in [5.74, 6) is 0.948. The third-order valence-corrected chi connectivity index (χ3v) is 4.54. The molecule has 0 bridgehead atoms. The summed E-state index contributed by atoms with van der Waals surface area (Å²) in [7, 11) is 0. The van der Waals surface area contributed by atoms with E-state index in [1.54, 1.807) is 12.1 Å². The smallest absolute Gasteiger partial charge is 0.378 e. The lowest BCUT2D eigenvalue weighted by molar-refractivity contribution is -0.137. The van der Waals surface area contributed by atoms with Crippen LogP contribution < -0.4 is 10.2 Å². The lowest BCUT2D eigenvalue weighted by atomic mass is 10.1. The molecule has 0 aliphatic carbocycles. The number of alkyl halides is 3. The zero-order chi connectivity index (χ0) is 20.3. The first-order valence-electron chi connectivity index (χ1n) is 9.20. The number of rotatable bonds is 4. The van der Waals surface area contributed by atoms with E-state index in [0.29, 0.717) is 49.5 Å². The topological polar surface area (TPSA) is 50.3 Å². The predicted molar refractivity (Wildman–Crippen MR) is 105 cm³/mol. The van der Waals surface area contributed by atoms with Crippen molar-refractivity contribution in [3.8, 4) is 11.3 Å². The molecule has 8 heteroatoms. The van der Waals surface area contributed by atoms with Gasteiger partial charge >= 0.3 is 6.18 Å². The molecule has 1 fully saturated rings. The molecule has 3 aromatic rings. The monoisotopic (exact) mass is 400 g/mol. The minimum absolute atomic E-state index is 0.311. The number of morpholine rings is 1. The summed E-state index contributed by atoms with van der Waals surface area (Å²) in [4.78, 5) is 11.2. The standard InChI is InChI=1S/C21H19F3N4O/c22-21(23,24)16-7-4-8-17(13-16)25-19-14-18(15-5-2-1-3-6-15)26-20(27-19)28-9-11-29-12-10-28/h1-8,13-14H,9-12H2,(H,25,26,27). The first-order chi connectivity index (χ1) is 14.0. The molecule has 5 nitrogen and oxygen atoms in total. The van der Waals surface area contributed by atoms with Gasteiger partial charge in [-0.3, -0.25) is 0 Å². The number of nitrogens with zero attached hydrogens (tertiary/aromatic N) is 3. The highest BCUT2D eigenvalue weighted by Crippen LogP contribution is 2.32. The maximum Gasteiger partial charge on any atom is 0.416 e. The third kappa shape index (κ3) is 4.65. The molecule has 1 saturated heterocycles. The van der Waals surface area contributed by atoms with Crippen LogP contribution in [-0.2, 0) is 10.9 Å². The molecule has 2 heterocycles. The zero-order valence-electron chi connectivity index (χ0n) is 15.5. The number of benzene rings is 2.